The van der Waals surface area contributed by atoms with Crippen LogP contribution in [0, 0.1) is 23.7 Å². The van der Waals surface area contributed by atoms with Crippen molar-refractivity contribution in [2.24, 2.45) is 23.7 Å². The van der Waals surface area contributed by atoms with Crippen LogP contribution in [0.15, 0.2) is 66.2 Å². The van der Waals surface area contributed by atoms with E-state index in [2.05, 4.69) is 5.43 Å². The fourth-order valence-electron chi connectivity index (χ4n) is 8.52. The topological polar surface area (TPSA) is 135 Å². The number of anilines is 1. The summed E-state index contributed by atoms with van der Waals surface area (Å²) in [6, 6.07) is 14.5. The number of hydrazine groups is 1. The summed E-state index contributed by atoms with van der Waals surface area (Å²) in [5, 5.41) is 12.2. The van der Waals surface area contributed by atoms with E-state index < -0.39 is 46.8 Å². The molecule has 2 N–H and O–H groups in total. The number of likely N-dealkylation sites (tertiary alicyclic amines) is 1. The summed E-state index contributed by atoms with van der Waals surface area (Å²) >= 11 is 12.7. The first-order valence-corrected chi connectivity index (χ1v) is 16.4. The summed E-state index contributed by atoms with van der Waals surface area (Å²) in [5.74, 6) is -4.78. The number of imide groups is 2. The minimum atomic E-state index is -1.63. The molecule has 2 aliphatic heterocycles. The molecule has 49 heavy (non-hydrogen) atoms. The van der Waals surface area contributed by atoms with E-state index in [9.17, 15) is 19.5 Å². The molecule has 3 fully saturated rings. The van der Waals surface area contributed by atoms with Crippen LogP contribution in [0.4, 0.5) is 5.69 Å². The highest BCUT2D eigenvalue weighted by Crippen LogP contribution is 2.66. The van der Waals surface area contributed by atoms with Crippen molar-refractivity contribution in [2.45, 2.75) is 24.2 Å². The number of methoxy groups -OCH3 is 3. The molecule has 1 saturated carbocycles. The van der Waals surface area contributed by atoms with Crippen LogP contribution in [0.1, 0.15) is 29.9 Å². The molecule has 11 nitrogen and oxygen atoms in total. The fraction of sp³-hybridized carbons (Fsp3) is 0.333. The molecule has 7 rings (SSSR count). The van der Waals surface area contributed by atoms with Crippen LogP contribution in [0.5, 0.6) is 23.0 Å². The van der Waals surface area contributed by atoms with Crippen LogP contribution in [-0.4, -0.2) is 67.0 Å². The third-order valence-electron chi connectivity index (χ3n) is 10.6. The van der Waals surface area contributed by atoms with Gasteiger partial charge >= 0.3 is 0 Å². The molecule has 13 heteroatoms. The Hall–Kier alpha value is -4.74. The molecule has 0 aromatic heterocycles. The second-order valence-electron chi connectivity index (χ2n) is 12.7. The molecule has 4 amide bonds. The lowest BCUT2D eigenvalue weighted by Crippen LogP contribution is -2.53. The van der Waals surface area contributed by atoms with Crippen molar-refractivity contribution in [2.75, 3.05) is 33.8 Å². The van der Waals surface area contributed by atoms with Gasteiger partial charge in [0.25, 0.3) is 11.8 Å². The van der Waals surface area contributed by atoms with Crippen molar-refractivity contribution < 1.29 is 38.5 Å². The van der Waals surface area contributed by atoms with E-state index in [1.54, 1.807) is 36.4 Å². The van der Waals surface area contributed by atoms with Crippen molar-refractivity contribution >= 4 is 52.5 Å². The van der Waals surface area contributed by atoms with E-state index in [1.807, 2.05) is 6.08 Å². The number of nitrogens with one attached hydrogen (secondary N) is 1. The highest BCUT2D eigenvalue weighted by Gasteiger charge is 2.71. The van der Waals surface area contributed by atoms with Crippen molar-refractivity contribution in [3.05, 3.63) is 87.4 Å². The second kappa shape index (κ2) is 12.0. The van der Waals surface area contributed by atoms with Gasteiger partial charge in [0.15, 0.2) is 0 Å². The van der Waals surface area contributed by atoms with Crippen LogP contribution in [0.2, 0.25) is 10.0 Å². The van der Waals surface area contributed by atoms with Crippen LogP contribution in [0.25, 0.3) is 0 Å². The molecule has 0 spiro atoms. The summed E-state index contributed by atoms with van der Waals surface area (Å²) < 4.78 is 17.1. The summed E-state index contributed by atoms with van der Waals surface area (Å²) in [5.41, 5.74) is 3.25. The molecule has 2 saturated heterocycles. The fourth-order valence-corrected chi connectivity index (χ4v) is 8.98. The number of amides is 4. The van der Waals surface area contributed by atoms with Crippen molar-refractivity contribution in [3.63, 3.8) is 0 Å². The number of aromatic hydroxyl groups is 1. The molecule has 0 radical (unpaired) electrons. The second-order valence-corrected chi connectivity index (χ2v) is 13.6. The highest BCUT2D eigenvalue weighted by atomic mass is 35.5. The minimum Gasteiger partial charge on any atom is -0.508 e. The Morgan fingerprint density at radius 2 is 1.53 bits per heavy atom. The third-order valence-corrected chi connectivity index (χ3v) is 11.2. The minimum absolute atomic E-state index is 0.0994. The Bertz CT molecular complexity index is 1920. The number of phenols is 1. The zero-order valence-electron chi connectivity index (χ0n) is 27.0. The number of fused-ring (bicyclic) bond motifs is 4. The first kappa shape index (κ1) is 32.8. The lowest BCUT2D eigenvalue weighted by Gasteiger charge is -2.51. The molecule has 3 aromatic rings. The quantitative estimate of drug-likeness (QED) is 0.247. The number of carbonyl (C=O) groups is 4. The lowest BCUT2D eigenvalue weighted by molar-refractivity contribution is -0.140. The van der Waals surface area contributed by atoms with Crippen LogP contribution in [-0.2, 0) is 24.6 Å². The molecule has 3 aromatic carbocycles. The molecule has 0 unspecified atom stereocenters. The van der Waals surface area contributed by atoms with Crippen LogP contribution in [0.3, 0.4) is 0 Å². The first-order valence-electron chi connectivity index (χ1n) is 15.7. The van der Waals surface area contributed by atoms with Crippen molar-refractivity contribution in [3.8, 4) is 23.0 Å². The SMILES string of the molecule is COc1ccc([C@@]23C(=O)N(Nc4ccc(Cl)cc4Cl)C(=O)[C@@H]2C[C@@H]2C(=CC[C@@H]4C(=O)N(C)C(=O)[C@@H]42)[C@@H]3c2c(OC)cc(O)cc2OC)cc1. The zero-order chi connectivity index (χ0) is 34.9. The van der Waals surface area contributed by atoms with E-state index in [-0.39, 0.29) is 52.6 Å². The van der Waals surface area contributed by atoms with Gasteiger partial charge in [-0.1, -0.05) is 47.0 Å². The predicted molar refractivity (Wildman–Crippen MR) is 180 cm³/mol. The first-order chi connectivity index (χ1) is 23.5. The molecule has 6 atom stereocenters. The molecule has 254 valence electrons. The predicted octanol–water partition coefficient (Wildman–Crippen LogP) is 5.34. The van der Waals surface area contributed by atoms with E-state index in [1.165, 1.54) is 46.6 Å². The maximum absolute atomic E-state index is 15.4. The molecule has 2 aliphatic carbocycles. The number of nitrogens with zero attached hydrogens (tertiary/aromatic N) is 2. The number of carbonyl (C=O) groups excluding carboxylic acids is 4. The zero-order valence-corrected chi connectivity index (χ0v) is 28.5. The van der Waals surface area contributed by atoms with Gasteiger partial charge in [-0.15, -0.1) is 0 Å². The maximum atomic E-state index is 15.4. The van der Waals surface area contributed by atoms with Gasteiger partial charge in [0, 0.05) is 35.7 Å². The summed E-state index contributed by atoms with van der Waals surface area (Å²) in [6.07, 6.45) is 2.29. The smallest absolute Gasteiger partial charge is 0.260 e. The van der Waals surface area contributed by atoms with Gasteiger partial charge in [-0.3, -0.25) is 29.5 Å². The van der Waals surface area contributed by atoms with Crippen molar-refractivity contribution in [1.29, 1.82) is 0 Å². The van der Waals surface area contributed by atoms with Crippen LogP contribution < -0.4 is 19.6 Å². The van der Waals surface area contributed by atoms with Gasteiger partial charge in [0.05, 0.1) is 55.2 Å². The standard InChI is InChI=1S/C36H33Cl2N3O8/c1-40-32(43)22-11-10-21-23(29(22)34(40)45)16-24-33(44)41(39-26-12-7-18(37)13-25(26)38)35(46)36(24,17-5-8-20(47-2)9-6-17)31(21)30-27(48-3)14-19(42)15-28(30)49-4/h5-10,12-15,22-24,29,31,39,42H,11,16H2,1-4H3/t22-,23+,24-,29-,31+,36+/m0/s1. The van der Waals surface area contributed by atoms with Gasteiger partial charge in [-0.05, 0) is 54.7 Å². The van der Waals surface area contributed by atoms with E-state index in [0.717, 1.165) is 9.91 Å². The number of ether oxygens (including phenoxy) is 3. The van der Waals surface area contributed by atoms with E-state index >= 15 is 4.79 Å². The number of hydrogen-bond donors (Lipinski definition) is 2. The largest absolute Gasteiger partial charge is 0.508 e. The molecular formula is C36H33Cl2N3O8. The number of rotatable bonds is 7. The normalized spacial score (nSPS) is 27.4. The number of phenolic OH excluding ortho intramolecular Hbond substituents is 1. The Morgan fingerprint density at radius 1 is 0.857 bits per heavy atom. The molecule has 4 aliphatic rings. The van der Waals surface area contributed by atoms with Crippen molar-refractivity contribution in [1.82, 2.24) is 9.91 Å². The Kier molecular flexibility index (Phi) is 8.03. The average molecular weight is 707 g/mol. The van der Waals surface area contributed by atoms with Gasteiger partial charge in [0.1, 0.15) is 23.0 Å². The van der Waals surface area contributed by atoms with Gasteiger partial charge in [-0.2, -0.15) is 5.01 Å². The number of hydrogen-bond acceptors (Lipinski definition) is 9. The van der Waals surface area contributed by atoms with Gasteiger partial charge < -0.3 is 19.3 Å². The average Bonchev–Trinajstić information content (AvgIpc) is 3.45. The Labute approximate surface area is 292 Å². The Balaban J connectivity index is 1.53. The lowest BCUT2D eigenvalue weighted by atomic mass is 9.49. The van der Waals surface area contributed by atoms with Crippen LogP contribution >= 0.6 is 23.2 Å². The number of allylic oxidation sites excluding steroid dienone is 2. The molecule has 0 bridgehead atoms. The maximum Gasteiger partial charge on any atom is 0.260 e. The highest BCUT2D eigenvalue weighted by molar-refractivity contribution is 6.36. The number of halogens is 2. The Morgan fingerprint density at radius 3 is 2.14 bits per heavy atom. The summed E-state index contributed by atoms with van der Waals surface area (Å²) in [4.78, 5) is 58.4. The molecule has 2 heterocycles. The van der Waals surface area contributed by atoms with Gasteiger partial charge in [-0.25, -0.2) is 0 Å². The van der Waals surface area contributed by atoms with E-state index in [0.29, 0.717) is 27.5 Å². The monoisotopic (exact) mass is 705 g/mol. The van der Waals surface area contributed by atoms with Gasteiger partial charge in [0.2, 0.25) is 11.8 Å². The summed E-state index contributed by atoms with van der Waals surface area (Å²) in [7, 11) is 5.88. The summed E-state index contributed by atoms with van der Waals surface area (Å²) in [6.45, 7) is 0. The van der Waals surface area contributed by atoms with E-state index in [4.69, 9.17) is 37.4 Å². The molecular weight excluding hydrogens is 673 g/mol. The third kappa shape index (κ3) is 4.69. The number of benzene rings is 3.